The van der Waals surface area contributed by atoms with E-state index in [1.165, 1.54) is 30.2 Å². The Morgan fingerprint density at radius 3 is 2.92 bits per heavy atom. The van der Waals surface area contributed by atoms with Crippen LogP contribution in [-0.4, -0.2) is 40.1 Å². The molecule has 1 aromatic carbocycles. The Hall–Kier alpha value is -2.02. The summed E-state index contributed by atoms with van der Waals surface area (Å²) >= 11 is 1.50. The van der Waals surface area contributed by atoms with Crippen LogP contribution in [0.5, 0.6) is 5.75 Å². The first-order valence-electron chi connectivity index (χ1n) is 9.24. The number of rotatable bonds is 6. The molecule has 2 aromatic rings. The van der Waals surface area contributed by atoms with Gasteiger partial charge < -0.3 is 14.2 Å². The summed E-state index contributed by atoms with van der Waals surface area (Å²) in [5.74, 6) is 3.00. The zero-order valence-corrected chi connectivity index (χ0v) is 16.1. The Kier molecular flexibility index (Phi) is 4.89. The number of anilines is 1. The highest BCUT2D eigenvalue weighted by molar-refractivity contribution is 7.99. The zero-order valence-electron chi connectivity index (χ0n) is 15.3. The van der Waals surface area contributed by atoms with Crippen LogP contribution in [0.25, 0.3) is 0 Å². The lowest BCUT2D eigenvalue weighted by atomic mass is 10.0. The summed E-state index contributed by atoms with van der Waals surface area (Å²) in [5, 5.41) is 9.52. The molecule has 2 heterocycles. The van der Waals surface area contributed by atoms with Gasteiger partial charge in [0.15, 0.2) is 5.16 Å². The quantitative estimate of drug-likeness (QED) is 0.729. The average Bonchev–Trinajstić information content (AvgIpc) is 3.44. The molecule has 0 radical (unpaired) electrons. The van der Waals surface area contributed by atoms with Crippen LogP contribution >= 0.6 is 11.8 Å². The third-order valence-electron chi connectivity index (χ3n) is 5.04. The average molecular weight is 372 g/mol. The van der Waals surface area contributed by atoms with Crippen molar-refractivity contribution in [3.8, 4) is 5.75 Å². The summed E-state index contributed by atoms with van der Waals surface area (Å²) in [7, 11) is 1.67. The molecule has 1 saturated carbocycles. The van der Waals surface area contributed by atoms with Gasteiger partial charge >= 0.3 is 0 Å². The van der Waals surface area contributed by atoms with Crippen molar-refractivity contribution in [2.75, 3.05) is 24.3 Å². The minimum atomic E-state index is 0.125. The van der Waals surface area contributed by atoms with E-state index in [2.05, 4.69) is 21.7 Å². The van der Waals surface area contributed by atoms with Crippen LogP contribution in [0.3, 0.4) is 0 Å². The molecule has 1 aliphatic carbocycles. The van der Waals surface area contributed by atoms with Gasteiger partial charge in [-0.05, 0) is 56.4 Å². The molecular weight excluding hydrogens is 348 g/mol. The lowest BCUT2D eigenvalue weighted by Crippen LogP contribution is -2.36. The second-order valence-electron chi connectivity index (χ2n) is 6.79. The largest absolute Gasteiger partial charge is 0.497 e. The van der Waals surface area contributed by atoms with Gasteiger partial charge in [0.1, 0.15) is 11.6 Å². The van der Waals surface area contributed by atoms with Crippen molar-refractivity contribution < 1.29 is 9.53 Å². The van der Waals surface area contributed by atoms with Crippen LogP contribution in [0.2, 0.25) is 0 Å². The number of carbonyl (C=O) groups is 1. The maximum Gasteiger partial charge on any atom is 0.237 e. The molecule has 0 N–H and O–H groups in total. The standard InChI is InChI=1S/C19H24N4O2S/c1-3-22-18(13-6-7-13)20-21-19(22)26-12-17(24)23-10-4-5-14-11-15(25-2)8-9-16(14)23/h8-9,11,13H,3-7,10,12H2,1-2H3. The number of benzene rings is 1. The number of methoxy groups -OCH3 is 1. The summed E-state index contributed by atoms with van der Waals surface area (Å²) < 4.78 is 7.47. The number of carbonyl (C=O) groups excluding carboxylic acids is 1. The molecule has 0 saturated heterocycles. The fourth-order valence-corrected chi connectivity index (χ4v) is 4.40. The maximum absolute atomic E-state index is 12.9. The van der Waals surface area contributed by atoms with Crippen LogP contribution in [0.15, 0.2) is 23.4 Å². The smallest absolute Gasteiger partial charge is 0.237 e. The molecule has 138 valence electrons. The second kappa shape index (κ2) is 7.31. The number of fused-ring (bicyclic) bond motifs is 1. The lowest BCUT2D eigenvalue weighted by molar-refractivity contribution is -0.116. The van der Waals surface area contributed by atoms with Crippen molar-refractivity contribution in [2.45, 2.75) is 50.2 Å². The van der Waals surface area contributed by atoms with E-state index in [1.807, 2.05) is 23.1 Å². The maximum atomic E-state index is 12.9. The normalized spacial score (nSPS) is 16.5. The number of amides is 1. The van der Waals surface area contributed by atoms with E-state index in [9.17, 15) is 4.79 Å². The molecule has 1 amide bonds. The number of hydrogen-bond donors (Lipinski definition) is 0. The van der Waals surface area contributed by atoms with E-state index in [0.29, 0.717) is 11.7 Å². The van der Waals surface area contributed by atoms with Gasteiger partial charge in [-0.1, -0.05) is 11.8 Å². The van der Waals surface area contributed by atoms with Crippen molar-refractivity contribution in [3.05, 3.63) is 29.6 Å². The van der Waals surface area contributed by atoms with Crippen LogP contribution in [0.1, 0.15) is 43.5 Å². The molecule has 26 heavy (non-hydrogen) atoms. The third kappa shape index (κ3) is 3.32. The van der Waals surface area contributed by atoms with Crippen molar-refractivity contribution in [2.24, 2.45) is 0 Å². The van der Waals surface area contributed by atoms with Gasteiger partial charge in [0.05, 0.1) is 12.9 Å². The minimum Gasteiger partial charge on any atom is -0.497 e. The summed E-state index contributed by atoms with van der Waals surface area (Å²) in [6, 6.07) is 5.96. The molecule has 1 aromatic heterocycles. The van der Waals surface area contributed by atoms with Gasteiger partial charge in [-0.2, -0.15) is 0 Å². The Balaban J connectivity index is 1.46. The van der Waals surface area contributed by atoms with Crippen LogP contribution < -0.4 is 9.64 Å². The predicted molar refractivity (Wildman–Crippen MR) is 102 cm³/mol. The summed E-state index contributed by atoms with van der Waals surface area (Å²) in [6.45, 7) is 3.73. The van der Waals surface area contributed by atoms with E-state index >= 15 is 0 Å². The Morgan fingerprint density at radius 2 is 2.19 bits per heavy atom. The fraction of sp³-hybridized carbons (Fsp3) is 0.526. The Labute approximate surface area is 157 Å². The Morgan fingerprint density at radius 1 is 1.35 bits per heavy atom. The van der Waals surface area contributed by atoms with Crippen LogP contribution in [0, 0.1) is 0 Å². The molecule has 0 atom stereocenters. The van der Waals surface area contributed by atoms with E-state index in [-0.39, 0.29) is 5.91 Å². The van der Waals surface area contributed by atoms with Gasteiger partial charge in [-0.3, -0.25) is 4.79 Å². The van der Waals surface area contributed by atoms with Gasteiger partial charge in [0, 0.05) is 24.7 Å². The summed E-state index contributed by atoms with van der Waals surface area (Å²) in [4.78, 5) is 14.8. The first kappa shape index (κ1) is 17.4. The molecule has 1 fully saturated rings. The van der Waals surface area contributed by atoms with Gasteiger partial charge in [0.2, 0.25) is 5.91 Å². The van der Waals surface area contributed by atoms with Crippen molar-refractivity contribution in [1.82, 2.24) is 14.8 Å². The SMILES string of the molecule is CCn1c(SCC(=O)N2CCCc3cc(OC)ccc32)nnc1C1CC1. The number of thioether (sulfide) groups is 1. The molecule has 0 unspecified atom stereocenters. The van der Waals surface area contributed by atoms with E-state index in [0.717, 1.165) is 48.3 Å². The number of hydrogen-bond acceptors (Lipinski definition) is 5. The molecule has 1 aliphatic heterocycles. The highest BCUT2D eigenvalue weighted by Crippen LogP contribution is 2.40. The molecule has 7 heteroatoms. The van der Waals surface area contributed by atoms with Gasteiger partial charge in [0.25, 0.3) is 0 Å². The lowest BCUT2D eigenvalue weighted by Gasteiger charge is -2.29. The second-order valence-corrected chi connectivity index (χ2v) is 7.73. The van der Waals surface area contributed by atoms with Crippen molar-refractivity contribution in [1.29, 1.82) is 0 Å². The van der Waals surface area contributed by atoms with E-state index in [4.69, 9.17) is 4.74 Å². The molecule has 2 aliphatic rings. The number of aryl methyl sites for hydroxylation is 1. The van der Waals surface area contributed by atoms with Crippen LogP contribution in [0.4, 0.5) is 5.69 Å². The summed E-state index contributed by atoms with van der Waals surface area (Å²) in [6.07, 6.45) is 4.37. The summed E-state index contributed by atoms with van der Waals surface area (Å²) in [5.41, 5.74) is 2.19. The number of ether oxygens (including phenoxy) is 1. The van der Waals surface area contributed by atoms with E-state index < -0.39 is 0 Å². The molecular formula is C19H24N4O2S. The fourth-order valence-electron chi connectivity index (χ4n) is 3.51. The third-order valence-corrected chi connectivity index (χ3v) is 5.99. The van der Waals surface area contributed by atoms with Gasteiger partial charge in [-0.15, -0.1) is 10.2 Å². The molecule has 0 spiro atoms. The first-order chi connectivity index (χ1) is 12.7. The number of nitrogens with zero attached hydrogens (tertiary/aromatic N) is 4. The topological polar surface area (TPSA) is 60.2 Å². The minimum absolute atomic E-state index is 0.125. The van der Waals surface area contributed by atoms with Crippen molar-refractivity contribution >= 4 is 23.4 Å². The van der Waals surface area contributed by atoms with Gasteiger partial charge in [-0.25, -0.2) is 0 Å². The van der Waals surface area contributed by atoms with E-state index in [1.54, 1.807) is 7.11 Å². The molecule has 4 rings (SSSR count). The first-order valence-corrected chi connectivity index (χ1v) is 10.2. The Bertz CT molecular complexity index is 816. The predicted octanol–water partition coefficient (Wildman–Crippen LogP) is 3.26. The highest BCUT2D eigenvalue weighted by Gasteiger charge is 2.30. The van der Waals surface area contributed by atoms with Crippen molar-refractivity contribution in [3.63, 3.8) is 0 Å². The molecule has 0 bridgehead atoms. The highest BCUT2D eigenvalue weighted by atomic mass is 32.2. The zero-order chi connectivity index (χ0) is 18.1. The molecule has 6 nitrogen and oxygen atoms in total. The number of aromatic nitrogens is 3. The van der Waals surface area contributed by atoms with Crippen LogP contribution in [-0.2, 0) is 17.8 Å². The monoisotopic (exact) mass is 372 g/mol.